The highest BCUT2D eigenvalue weighted by molar-refractivity contribution is 7.99. The molecule has 2 aliphatic heterocycles. The summed E-state index contributed by atoms with van der Waals surface area (Å²) < 4.78 is 0. The molecule has 2 amide bonds. The molecule has 2 rings (SSSR count). The van der Waals surface area contributed by atoms with Gasteiger partial charge in [-0.25, -0.2) is 0 Å². The van der Waals surface area contributed by atoms with Crippen LogP contribution in [0.5, 0.6) is 0 Å². The van der Waals surface area contributed by atoms with Crippen LogP contribution in [0.3, 0.4) is 0 Å². The number of hydrogen-bond donors (Lipinski definition) is 1. The van der Waals surface area contributed by atoms with Gasteiger partial charge in [-0.1, -0.05) is 20.8 Å². The molecule has 2 fully saturated rings. The second-order valence-corrected chi connectivity index (χ2v) is 8.54. The maximum Gasteiger partial charge on any atom is 0.305 e. The highest BCUT2D eigenvalue weighted by Gasteiger charge is 2.41. The number of aliphatic carboxylic acids is 1. The van der Waals surface area contributed by atoms with Crippen LogP contribution < -0.4 is 0 Å². The number of nitrogens with zero attached hydrogens (tertiary/aromatic N) is 2. The lowest BCUT2D eigenvalue weighted by Gasteiger charge is -2.31. The molecule has 2 atom stereocenters. The normalized spacial score (nSPS) is 25.0. The summed E-state index contributed by atoms with van der Waals surface area (Å²) in [5.74, 6) is 0.195. The summed E-state index contributed by atoms with van der Waals surface area (Å²) in [6.07, 6.45) is 1.96. The molecule has 2 saturated heterocycles. The van der Waals surface area contributed by atoms with Crippen molar-refractivity contribution in [2.24, 2.45) is 5.41 Å². The van der Waals surface area contributed by atoms with E-state index in [0.717, 1.165) is 12.8 Å². The minimum Gasteiger partial charge on any atom is -0.481 e. The second kappa shape index (κ2) is 7.11. The first-order chi connectivity index (χ1) is 10.7. The number of carboxylic acid groups (broad SMARTS) is 1. The lowest BCUT2D eigenvalue weighted by Crippen LogP contribution is -2.51. The fourth-order valence-electron chi connectivity index (χ4n) is 3.18. The van der Waals surface area contributed by atoms with E-state index in [9.17, 15) is 14.4 Å². The summed E-state index contributed by atoms with van der Waals surface area (Å²) in [5, 5.41) is 9.00. The average molecular weight is 342 g/mol. The summed E-state index contributed by atoms with van der Waals surface area (Å²) in [5.41, 5.74) is -0.114. The molecule has 0 saturated carbocycles. The minimum atomic E-state index is -0.879. The van der Waals surface area contributed by atoms with Crippen LogP contribution in [0.25, 0.3) is 0 Å². The van der Waals surface area contributed by atoms with E-state index in [2.05, 4.69) is 0 Å². The van der Waals surface area contributed by atoms with Crippen molar-refractivity contribution in [1.29, 1.82) is 0 Å². The Bertz CT molecular complexity index is 489. The number of likely N-dealkylation sites (tertiary alicyclic amines) is 1. The summed E-state index contributed by atoms with van der Waals surface area (Å²) in [6, 6.07) is -0.672. The zero-order chi connectivity index (χ0) is 17.2. The third-order valence-corrected chi connectivity index (χ3v) is 5.25. The van der Waals surface area contributed by atoms with Gasteiger partial charge >= 0.3 is 5.97 Å². The van der Waals surface area contributed by atoms with Gasteiger partial charge < -0.3 is 14.9 Å². The maximum atomic E-state index is 12.8. The SMILES string of the molecule is CC(C)(C)CC(=O)N1CSCC1C(=O)N1CCCC1CC(=O)O. The summed E-state index contributed by atoms with van der Waals surface area (Å²) >= 11 is 1.59. The molecule has 0 bridgehead atoms. The zero-order valence-corrected chi connectivity index (χ0v) is 14.9. The Morgan fingerprint density at radius 3 is 2.52 bits per heavy atom. The molecule has 2 heterocycles. The number of carbonyl (C=O) groups is 3. The van der Waals surface area contributed by atoms with E-state index >= 15 is 0 Å². The van der Waals surface area contributed by atoms with E-state index in [-0.39, 0.29) is 29.7 Å². The average Bonchev–Trinajstić information content (AvgIpc) is 3.03. The Labute approximate surface area is 141 Å². The first-order valence-corrected chi connectivity index (χ1v) is 9.24. The van der Waals surface area contributed by atoms with Crippen molar-refractivity contribution < 1.29 is 19.5 Å². The molecule has 130 valence electrons. The fourth-order valence-corrected chi connectivity index (χ4v) is 4.35. The Hall–Kier alpha value is -1.24. The summed E-state index contributed by atoms with van der Waals surface area (Å²) in [6.45, 7) is 6.62. The van der Waals surface area contributed by atoms with Gasteiger partial charge in [0.15, 0.2) is 0 Å². The monoisotopic (exact) mass is 342 g/mol. The van der Waals surface area contributed by atoms with Crippen molar-refractivity contribution in [1.82, 2.24) is 9.80 Å². The molecule has 0 aromatic heterocycles. The van der Waals surface area contributed by atoms with Gasteiger partial charge in [0.25, 0.3) is 0 Å². The molecular formula is C16H26N2O4S. The van der Waals surface area contributed by atoms with Crippen molar-refractivity contribution in [2.75, 3.05) is 18.2 Å². The van der Waals surface area contributed by atoms with Gasteiger partial charge in [0.2, 0.25) is 11.8 Å². The fraction of sp³-hybridized carbons (Fsp3) is 0.812. The van der Waals surface area contributed by atoms with Crippen LogP contribution in [-0.2, 0) is 14.4 Å². The molecule has 0 spiro atoms. The van der Waals surface area contributed by atoms with Crippen molar-refractivity contribution in [2.45, 2.75) is 58.5 Å². The Balaban J connectivity index is 2.05. The lowest BCUT2D eigenvalue weighted by molar-refractivity contribution is -0.146. The van der Waals surface area contributed by atoms with Crippen molar-refractivity contribution in [3.05, 3.63) is 0 Å². The van der Waals surface area contributed by atoms with Crippen LogP contribution in [0.1, 0.15) is 46.5 Å². The number of hydrogen-bond acceptors (Lipinski definition) is 4. The van der Waals surface area contributed by atoms with Gasteiger partial charge in [-0.15, -0.1) is 11.8 Å². The van der Waals surface area contributed by atoms with E-state index in [1.807, 2.05) is 20.8 Å². The molecule has 23 heavy (non-hydrogen) atoms. The lowest BCUT2D eigenvalue weighted by atomic mass is 9.91. The predicted octanol–water partition coefficient (Wildman–Crippen LogP) is 1.79. The number of carboxylic acids is 1. The molecule has 1 N–H and O–H groups in total. The van der Waals surface area contributed by atoms with E-state index in [1.54, 1.807) is 21.6 Å². The Kier molecular flexibility index (Phi) is 5.60. The number of carbonyl (C=O) groups excluding carboxylic acids is 2. The molecule has 0 aliphatic carbocycles. The van der Waals surface area contributed by atoms with Crippen LogP contribution in [0.15, 0.2) is 0 Å². The molecule has 0 aromatic rings. The van der Waals surface area contributed by atoms with Crippen molar-refractivity contribution in [3.8, 4) is 0 Å². The van der Waals surface area contributed by atoms with Crippen LogP contribution >= 0.6 is 11.8 Å². The van der Waals surface area contributed by atoms with Gasteiger partial charge in [0.1, 0.15) is 6.04 Å². The summed E-state index contributed by atoms with van der Waals surface area (Å²) in [4.78, 5) is 39.7. The quantitative estimate of drug-likeness (QED) is 0.843. The standard InChI is InChI=1S/C16H26N2O4S/c1-16(2,3)8-13(19)18-10-23-9-12(18)15(22)17-6-4-5-11(17)7-14(20)21/h11-12H,4-10H2,1-3H3,(H,20,21). The van der Waals surface area contributed by atoms with E-state index in [0.29, 0.717) is 24.6 Å². The van der Waals surface area contributed by atoms with Crippen molar-refractivity contribution >= 4 is 29.5 Å². The first kappa shape index (κ1) is 18.1. The van der Waals surface area contributed by atoms with Gasteiger partial charge in [-0.2, -0.15) is 0 Å². The third-order valence-electron chi connectivity index (χ3n) is 4.24. The van der Waals surface area contributed by atoms with Crippen molar-refractivity contribution in [3.63, 3.8) is 0 Å². The Morgan fingerprint density at radius 2 is 1.91 bits per heavy atom. The molecule has 0 aromatic carbocycles. The smallest absolute Gasteiger partial charge is 0.305 e. The molecule has 0 radical (unpaired) electrons. The Morgan fingerprint density at radius 1 is 1.22 bits per heavy atom. The van der Waals surface area contributed by atoms with Crippen LogP contribution in [0.2, 0.25) is 0 Å². The first-order valence-electron chi connectivity index (χ1n) is 8.08. The molecule has 6 nitrogen and oxygen atoms in total. The van der Waals surface area contributed by atoms with E-state index in [1.165, 1.54) is 0 Å². The number of thioether (sulfide) groups is 1. The topological polar surface area (TPSA) is 77.9 Å². The number of rotatable bonds is 4. The van der Waals surface area contributed by atoms with Gasteiger partial charge in [0, 0.05) is 24.8 Å². The highest BCUT2D eigenvalue weighted by atomic mass is 32.2. The molecule has 2 aliphatic rings. The van der Waals surface area contributed by atoms with Crippen LogP contribution in [0.4, 0.5) is 0 Å². The predicted molar refractivity (Wildman–Crippen MR) is 89.0 cm³/mol. The second-order valence-electron chi connectivity index (χ2n) is 7.54. The largest absolute Gasteiger partial charge is 0.481 e. The number of amides is 2. The molecule has 2 unspecified atom stereocenters. The zero-order valence-electron chi connectivity index (χ0n) is 14.1. The molecule has 7 heteroatoms. The van der Waals surface area contributed by atoms with E-state index in [4.69, 9.17) is 5.11 Å². The highest BCUT2D eigenvalue weighted by Crippen LogP contribution is 2.29. The van der Waals surface area contributed by atoms with Crippen LogP contribution in [0, 0.1) is 5.41 Å². The van der Waals surface area contributed by atoms with Crippen LogP contribution in [-0.4, -0.2) is 62.9 Å². The minimum absolute atomic E-state index is 0.00910. The van der Waals surface area contributed by atoms with E-state index < -0.39 is 12.0 Å². The molecular weight excluding hydrogens is 316 g/mol. The van der Waals surface area contributed by atoms with Gasteiger partial charge in [-0.05, 0) is 18.3 Å². The third kappa shape index (κ3) is 4.62. The summed E-state index contributed by atoms with van der Waals surface area (Å²) in [7, 11) is 0. The van der Waals surface area contributed by atoms with Gasteiger partial charge in [-0.3, -0.25) is 14.4 Å². The van der Waals surface area contributed by atoms with Gasteiger partial charge in [0.05, 0.1) is 12.3 Å². The maximum absolute atomic E-state index is 12.8.